The lowest BCUT2D eigenvalue weighted by Crippen LogP contribution is -2.21. The molecule has 1 heterocycles. The van der Waals surface area contributed by atoms with Gasteiger partial charge in [-0.3, -0.25) is 4.98 Å². The first-order chi connectivity index (χ1) is 7.76. The molecule has 94 valence electrons. The molecule has 0 atom stereocenters. The predicted molar refractivity (Wildman–Crippen MR) is 47.4 cm³/mol. The van der Waals surface area contributed by atoms with Crippen molar-refractivity contribution in [3.8, 4) is 5.75 Å². The van der Waals surface area contributed by atoms with Crippen LogP contribution in [-0.2, 0) is 5.88 Å². The van der Waals surface area contributed by atoms with Crippen LogP contribution in [0.2, 0.25) is 0 Å². The Balaban J connectivity index is 3.40. The van der Waals surface area contributed by atoms with Gasteiger partial charge in [-0.25, -0.2) is 9.18 Å². The van der Waals surface area contributed by atoms with Crippen LogP contribution in [0.5, 0.6) is 5.75 Å². The number of pyridine rings is 1. The zero-order chi connectivity index (χ0) is 13.2. The minimum atomic E-state index is -5.17. The largest absolute Gasteiger partial charge is 0.573 e. The van der Waals surface area contributed by atoms with Gasteiger partial charge in [0.05, 0.1) is 17.8 Å². The maximum Gasteiger partial charge on any atom is 0.573 e. The molecule has 0 fully saturated rings. The van der Waals surface area contributed by atoms with Gasteiger partial charge in [-0.2, -0.15) is 0 Å². The molecule has 0 spiro atoms. The van der Waals surface area contributed by atoms with Crippen molar-refractivity contribution in [2.24, 2.45) is 0 Å². The van der Waals surface area contributed by atoms with Crippen LogP contribution in [-0.4, -0.2) is 22.4 Å². The van der Waals surface area contributed by atoms with Crippen molar-refractivity contribution < 1.29 is 32.2 Å². The summed E-state index contributed by atoms with van der Waals surface area (Å²) in [7, 11) is 0. The number of hydrogen-bond donors (Lipinski definition) is 1. The van der Waals surface area contributed by atoms with E-state index >= 15 is 0 Å². The molecule has 1 aromatic rings. The number of nitrogens with zero attached hydrogens (tertiary/aromatic N) is 1. The van der Waals surface area contributed by atoms with Gasteiger partial charge in [0.2, 0.25) is 0 Å². The van der Waals surface area contributed by atoms with Crippen molar-refractivity contribution in [3.05, 3.63) is 23.3 Å². The Morgan fingerprint density at radius 1 is 1.53 bits per heavy atom. The summed E-state index contributed by atoms with van der Waals surface area (Å²) < 4.78 is 52.6. The molecule has 0 aliphatic carbocycles. The van der Waals surface area contributed by atoms with Gasteiger partial charge in [0.15, 0.2) is 11.6 Å². The Hall–Kier alpha value is -1.57. The molecule has 0 radical (unpaired) electrons. The van der Waals surface area contributed by atoms with Crippen LogP contribution in [0.3, 0.4) is 0 Å². The van der Waals surface area contributed by atoms with Crippen LogP contribution < -0.4 is 4.74 Å². The van der Waals surface area contributed by atoms with Gasteiger partial charge < -0.3 is 9.84 Å². The molecule has 0 aliphatic heterocycles. The number of halogens is 5. The fraction of sp³-hybridized carbons (Fsp3) is 0.250. The van der Waals surface area contributed by atoms with Crippen molar-refractivity contribution in [2.45, 2.75) is 12.2 Å². The summed E-state index contributed by atoms with van der Waals surface area (Å²) in [4.78, 5) is 13.9. The van der Waals surface area contributed by atoms with Crippen molar-refractivity contribution in [2.75, 3.05) is 0 Å². The first-order valence-electron chi connectivity index (χ1n) is 3.98. The molecular weight excluding hydrogens is 270 g/mol. The van der Waals surface area contributed by atoms with E-state index in [1.165, 1.54) is 0 Å². The van der Waals surface area contributed by atoms with E-state index in [0.29, 0.717) is 6.20 Å². The second kappa shape index (κ2) is 4.74. The van der Waals surface area contributed by atoms with E-state index in [-0.39, 0.29) is 0 Å². The molecule has 0 aliphatic rings. The Labute approximate surface area is 96.8 Å². The van der Waals surface area contributed by atoms with Gasteiger partial charge in [0.25, 0.3) is 0 Å². The number of aromatic nitrogens is 1. The summed E-state index contributed by atoms with van der Waals surface area (Å²) in [5, 5.41) is 8.61. The number of carbonyl (C=O) groups is 1. The van der Waals surface area contributed by atoms with E-state index in [2.05, 4.69) is 9.72 Å². The van der Waals surface area contributed by atoms with Crippen molar-refractivity contribution >= 4 is 17.6 Å². The summed E-state index contributed by atoms with van der Waals surface area (Å²) in [5.41, 5.74) is -1.77. The third-order valence-corrected chi connectivity index (χ3v) is 1.87. The SMILES string of the molecule is O=C(O)c1c(F)cnc(CCl)c1OC(F)(F)F. The minimum absolute atomic E-state index is 0.463. The Morgan fingerprint density at radius 3 is 2.53 bits per heavy atom. The summed E-state index contributed by atoms with van der Waals surface area (Å²) in [6.07, 6.45) is -4.70. The highest BCUT2D eigenvalue weighted by Crippen LogP contribution is 2.31. The molecule has 0 bridgehead atoms. The average Bonchev–Trinajstić information content (AvgIpc) is 2.15. The zero-order valence-electron chi connectivity index (χ0n) is 7.89. The lowest BCUT2D eigenvalue weighted by Gasteiger charge is -2.13. The first kappa shape index (κ1) is 13.5. The average molecular weight is 274 g/mol. The van der Waals surface area contributed by atoms with E-state index in [0.717, 1.165) is 0 Å². The zero-order valence-corrected chi connectivity index (χ0v) is 8.64. The second-order valence-electron chi connectivity index (χ2n) is 2.74. The highest BCUT2D eigenvalue weighted by atomic mass is 35.5. The third-order valence-electron chi connectivity index (χ3n) is 1.62. The van der Waals surface area contributed by atoms with Crippen LogP contribution in [0.25, 0.3) is 0 Å². The molecular formula is C8H4ClF4NO3. The Kier molecular flexibility index (Phi) is 3.76. The standard InChI is InChI=1S/C8H4ClF4NO3/c9-1-4-6(17-8(11,12)13)5(7(15)16)3(10)2-14-4/h2H,1H2,(H,15,16). The van der Waals surface area contributed by atoms with E-state index < -0.39 is 41.0 Å². The van der Waals surface area contributed by atoms with Crippen LogP contribution in [0, 0.1) is 5.82 Å². The summed E-state index contributed by atoms with van der Waals surface area (Å²) in [6, 6.07) is 0. The van der Waals surface area contributed by atoms with E-state index in [9.17, 15) is 22.4 Å². The molecule has 0 amide bonds. The summed E-state index contributed by atoms with van der Waals surface area (Å²) in [6.45, 7) is 0. The third kappa shape index (κ3) is 3.19. The van der Waals surface area contributed by atoms with Crippen molar-refractivity contribution in [1.29, 1.82) is 0 Å². The molecule has 17 heavy (non-hydrogen) atoms. The normalized spacial score (nSPS) is 11.4. The van der Waals surface area contributed by atoms with Gasteiger partial charge in [-0.1, -0.05) is 0 Å². The maximum absolute atomic E-state index is 13.1. The molecule has 1 aromatic heterocycles. The maximum atomic E-state index is 13.1. The Morgan fingerprint density at radius 2 is 2.12 bits per heavy atom. The summed E-state index contributed by atoms with van der Waals surface area (Å²) >= 11 is 5.26. The highest BCUT2D eigenvalue weighted by Gasteiger charge is 2.35. The lowest BCUT2D eigenvalue weighted by molar-refractivity contribution is -0.275. The van der Waals surface area contributed by atoms with Crippen LogP contribution in [0.4, 0.5) is 17.6 Å². The van der Waals surface area contributed by atoms with Crippen molar-refractivity contribution in [3.63, 3.8) is 0 Å². The molecule has 0 aromatic carbocycles. The molecule has 9 heteroatoms. The highest BCUT2D eigenvalue weighted by molar-refractivity contribution is 6.17. The van der Waals surface area contributed by atoms with Crippen LogP contribution >= 0.6 is 11.6 Å². The van der Waals surface area contributed by atoms with Crippen LogP contribution in [0.15, 0.2) is 6.20 Å². The lowest BCUT2D eigenvalue weighted by atomic mass is 10.2. The van der Waals surface area contributed by atoms with Crippen LogP contribution in [0.1, 0.15) is 16.1 Å². The fourth-order valence-corrected chi connectivity index (χ4v) is 1.22. The second-order valence-corrected chi connectivity index (χ2v) is 3.01. The number of carboxylic acid groups (broad SMARTS) is 1. The van der Waals surface area contributed by atoms with E-state index in [1.54, 1.807) is 0 Å². The van der Waals surface area contributed by atoms with E-state index in [1.807, 2.05) is 0 Å². The van der Waals surface area contributed by atoms with Gasteiger partial charge in [-0.05, 0) is 0 Å². The first-order valence-corrected chi connectivity index (χ1v) is 4.52. The topological polar surface area (TPSA) is 59.4 Å². The number of aromatic carboxylic acids is 1. The van der Waals surface area contributed by atoms with Gasteiger partial charge in [0, 0.05) is 0 Å². The predicted octanol–water partition coefficient (Wildman–Crippen LogP) is 2.56. The monoisotopic (exact) mass is 273 g/mol. The molecule has 0 unspecified atom stereocenters. The number of ether oxygens (including phenoxy) is 1. The van der Waals surface area contributed by atoms with Gasteiger partial charge in [0.1, 0.15) is 5.56 Å². The molecule has 1 N–H and O–H groups in total. The van der Waals surface area contributed by atoms with E-state index in [4.69, 9.17) is 16.7 Å². The van der Waals surface area contributed by atoms with Gasteiger partial charge >= 0.3 is 12.3 Å². The van der Waals surface area contributed by atoms with Crippen molar-refractivity contribution in [1.82, 2.24) is 4.98 Å². The molecule has 4 nitrogen and oxygen atoms in total. The number of rotatable bonds is 3. The smallest absolute Gasteiger partial charge is 0.477 e. The molecule has 0 saturated carbocycles. The Bertz CT molecular complexity index is 449. The fourth-order valence-electron chi connectivity index (χ4n) is 1.03. The summed E-state index contributed by atoms with van der Waals surface area (Å²) in [5.74, 6) is -5.13. The number of hydrogen-bond acceptors (Lipinski definition) is 3. The minimum Gasteiger partial charge on any atom is -0.477 e. The number of alkyl halides is 4. The number of carboxylic acids is 1. The van der Waals surface area contributed by atoms with Gasteiger partial charge in [-0.15, -0.1) is 24.8 Å². The molecule has 0 saturated heterocycles. The molecule has 1 rings (SSSR count). The quantitative estimate of drug-likeness (QED) is 0.679.